The van der Waals surface area contributed by atoms with Crippen LogP contribution in [-0.4, -0.2) is 62.7 Å². The number of aliphatic hydroxyl groups excluding tert-OH is 1. The molecule has 1 fully saturated rings. The maximum absolute atomic E-state index is 15.0. The minimum Gasteiger partial charge on any atom is -0.442 e. The third-order valence-corrected chi connectivity index (χ3v) is 6.53. The van der Waals surface area contributed by atoms with Crippen molar-refractivity contribution in [1.82, 2.24) is 20.3 Å². The molecule has 1 aliphatic rings. The highest BCUT2D eigenvalue weighted by atomic mass is 19.1. The lowest BCUT2D eigenvalue weighted by molar-refractivity contribution is -0.122. The molecule has 2 heterocycles. The maximum atomic E-state index is 15.0. The van der Waals surface area contributed by atoms with Crippen LogP contribution in [0.15, 0.2) is 48.7 Å². The average Bonchev–Trinajstić information content (AvgIpc) is 3.52. The first-order valence-electron chi connectivity index (χ1n) is 12.6. The van der Waals surface area contributed by atoms with Gasteiger partial charge in [-0.15, -0.1) is 5.10 Å². The Morgan fingerprint density at radius 1 is 1.26 bits per heavy atom. The molecule has 1 aliphatic heterocycles. The van der Waals surface area contributed by atoms with Gasteiger partial charge < -0.3 is 20.9 Å². The lowest BCUT2D eigenvalue weighted by Crippen LogP contribution is -2.43. The fraction of sp³-hybridized carbons (Fsp3) is 0.370. The maximum Gasteiger partial charge on any atom is 0.414 e. The van der Waals surface area contributed by atoms with Crippen molar-refractivity contribution in [3.63, 3.8) is 0 Å². The topological polar surface area (TPSA) is 153 Å². The first kappa shape index (κ1) is 27.9. The van der Waals surface area contributed by atoms with Gasteiger partial charge in [-0.05, 0) is 42.7 Å². The van der Waals surface area contributed by atoms with E-state index in [9.17, 15) is 19.5 Å². The third kappa shape index (κ3) is 6.84. The van der Waals surface area contributed by atoms with Crippen molar-refractivity contribution in [2.24, 2.45) is 5.73 Å². The van der Waals surface area contributed by atoms with E-state index < -0.39 is 30.2 Å². The predicted octanol–water partition coefficient (Wildman–Crippen LogP) is 1.96. The van der Waals surface area contributed by atoms with Gasteiger partial charge in [0.15, 0.2) is 0 Å². The van der Waals surface area contributed by atoms with Gasteiger partial charge in [-0.25, -0.2) is 13.9 Å². The molecule has 0 radical (unpaired) electrons. The van der Waals surface area contributed by atoms with Crippen LogP contribution in [0.3, 0.4) is 0 Å². The molecule has 2 unspecified atom stereocenters. The number of aromatic nitrogens is 3. The Morgan fingerprint density at radius 2 is 2.00 bits per heavy atom. The van der Waals surface area contributed by atoms with Gasteiger partial charge in [0.25, 0.3) is 0 Å². The lowest BCUT2D eigenvalue weighted by atomic mass is 10.0. The second-order valence-electron chi connectivity index (χ2n) is 9.48. The molecule has 2 amide bonds. The van der Waals surface area contributed by atoms with Crippen LogP contribution < -0.4 is 16.0 Å². The van der Waals surface area contributed by atoms with Gasteiger partial charge in [0, 0.05) is 24.7 Å². The van der Waals surface area contributed by atoms with E-state index in [-0.39, 0.29) is 31.3 Å². The minimum absolute atomic E-state index is 0.00312. The van der Waals surface area contributed by atoms with E-state index in [0.29, 0.717) is 35.3 Å². The minimum atomic E-state index is -0.938. The molecule has 4 N–H and O–H groups in total. The van der Waals surface area contributed by atoms with Crippen molar-refractivity contribution in [1.29, 1.82) is 0 Å². The molecule has 12 heteroatoms. The number of amides is 2. The summed E-state index contributed by atoms with van der Waals surface area (Å²) in [5, 5.41) is 20.4. The number of rotatable bonds is 11. The highest BCUT2D eigenvalue weighted by Crippen LogP contribution is 2.29. The number of Topliss-reactive ketones (excluding diaryl/α,β-unsaturated/α-hetero) is 1. The molecule has 11 nitrogen and oxygen atoms in total. The van der Waals surface area contributed by atoms with E-state index in [4.69, 9.17) is 10.5 Å². The van der Waals surface area contributed by atoms with Crippen LogP contribution in [-0.2, 0) is 33.8 Å². The van der Waals surface area contributed by atoms with E-state index in [1.54, 1.807) is 42.6 Å². The number of hydrogen-bond acceptors (Lipinski definition) is 8. The molecule has 39 heavy (non-hydrogen) atoms. The number of ether oxygens (including phenoxy) is 1. The number of benzene rings is 2. The van der Waals surface area contributed by atoms with Crippen LogP contribution in [0.25, 0.3) is 11.1 Å². The van der Waals surface area contributed by atoms with Gasteiger partial charge in [0.05, 0.1) is 24.0 Å². The SMILES string of the molecule is CCC(O)Cc1cn(CC(=O)NCc2ccc(-c3ccc(N4CC([C@H](N)C(C)=O)OC4=O)cc3F)cc2)nn1. The van der Waals surface area contributed by atoms with Crippen molar-refractivity contribution in [3.8, 4) is 11.1 Å². The summed E-state index contributed by atoms with van der Waals surface area (Å²) in [6.45, 7) is 3.53. The van der Waals surface area contributed by atoms with Crippen molar-refractivity contribution < 1.29 is 28.6 Å². The number of cyclic esters (lactones) is 1. The second-order valence-corrected chi connectivity index (χ2v) is 9.48. The molecular formula is C27H31FN6O5. The molecule has 4 rings (SSSR count). The highest BCUT2D eigenvalue weighted by Gasteiger charge is 2.37. The Bertz CT molecular complexity index is 1340. The normalized spacial score (nSPS) is 16.6. The Balaban J connectivity index is 1.33. The van der Waals surface area contributed by atoms with Crippen LogP contribution in [0.2, 0.25) is 0 Å². The molecule has 2 aromatic carbocycles. The number of aliphatic hydroxyl groups is 1. The van der Waals surface area contributed by atoms with Crippen molar-refractivity contribution in [2.45, 2.75) is 58.0 Å². The first-order chi connectivity index (χ1) is 18.6. The summed E-state index contributed by atoms with van der Waals surface area (Å²) in [6.07, 6.45) is 0.661. The van der Waals surface area contributed by atoms with Crippen LogP contribution in [0, 0.1) is 5.82 Å². The van der Waals surface area contributed by atoms with Crippen molar-refractivity contribution in [3.05, 3.63) is 65.7 Å². The molecule has 1 saturated heterocycles. The quantitative estimate of drug-likeness (QED) is 0.335. The Kier molecular flexibility index (Phi) is 8.67. The number of ketones is 1. The number of hydrogen-bond donors (Lipinski definition) is 3. The summed E-state index contributed by atoms with van der Waals surface area (Å²) >= 11 is 0. The number of carbonyl (C=O) groups excluding carboxylic acids is 3. The number of halogens is 1. The second kappa shape index (κ2) is 12.1. The van der Waals surface area contributed by atoms with Gasteiger partial charge in [-0.3, -0.25) is 14.5 Å². The average molecular weight is 539 g/mol. The fourth-order valence-electron chi connectivity index (χ4n) is 4.15. The first-order valence-corrected chi connectivity index (χ1v) is 12.6. The summed E-state index contributed by atoms with van der Waals surface area (Å²) in [7, 11) is 0. The molecular weight excluding hydrogens is 507 g/mol. The number of anilines is 1. The van der Waals surface area contributed by atoms with Crippen LogP contribution >= 0.6 is 0 Å². The van der Waals surface area contributed by atoms with E-state index in [1.165, 1.54) is 22.6 Å². The monoisotopic (exact) mass is 538 g/mol. The molecule has 0 spiro atoms. The molecule has 0 saturated carbocycles. The number of carbonyl (C=O) groups is 3. The highest BCUT2D eigenvalue weighted by molar-refractivity contribution is 5.92. The summed E-state index contributed by atoms with van der Waals surface area (Å²) < 4.78 is 21.6. The van der Waals surface area contributed by atoms with Gasteiger partial charge in [0.1, 0.15) is 30.3 Å². The molecule has 206 valence electrons. The van der Waals surface area contributed by atoms with E-state index in [0.717, 1.165) is 5.56 Å². The summed E-state index contributed by atoms with van der Waals surface area (Å²) in [4.78, 5) is 37.3. The number of nitrogens with zero attached hydrogens (tertiary/aromatic N) is 4. The van der Waals surface area contributed by atoms with Crippen molar-refractivity contribution in [2.75, 3.05) is 11.4 Å². The molecule has 3 atom stereocenters. The van der Waals surface area contributed by atoms with Gasteiger partial charge in [0.2, 0.25) is 5.91 Å². The Labute approximate surface area is 224 Å². The van der Waals surface area contributed by atoms with Gasteiger partial charge in [-0.2, -0.15) is 0 Å². The largest absolute Gasteiger partial charge is 0.442 e. The number of nitrogens with two attached hydrogens (primary N) is 1. The summed E-state index contributed by atoms with van der Waals surface area (Å²) in [6, 6.07) is 10.5. The zero-order valence-corrected chi connectivity index (χ0v) is 21.7. The summed E-state index contributed by atoms with van der Waals surface area (Å²) in [5.74, 6) is -1.08. The van der Waals surface area contributed by atoms with Crippen LogP contribution in [0.5, 0.6) is 0 Å². The zero-order chi connectivity index (χ0) is 28.1. The molecule has 0 aliphatic carbocycles. The molecule has 3 aromatic rings. The van der Waals surface area contributed by atoms with E-state index in [2.05, 4.69) is 15.6 Å². The predicted molar refractivity (Wildman–Crippen MR) is 140 cm³/mol. The number of nitrogens with one attached hydrogen (secondary N) is 1. The zero-order valence-electron chi connectivity index (χ0n) is 21.7. The standard InChI is InChI=1S/C27H31FN6O5/c1-3-21(36)10-19-13-33(32-31-19)15-25(37)30-12-17-4-6-18(7-5-17)22-9-8-20(11-23(22)28)34-14-24(39-27(34)38)26(29)16(2)35/h4-9,11,13,21,24,26,36H,3,10,12,14-15,29H2,1-2H3,(H,30,37)/t21?,24?,26-/m1/s1. The van der Waals surface area contributed by atoms with E-state index in [1.807, 2.05) is 6.92 Å². The van der Waals surface area contributed by atoms with Crippen molar-refractivity contribution >= 4 is 23.5 Å². The summed E-state index contributed by atoms with van der Waals surface area (Å²) in [5.41, 5.74) is 8.51. The molecule has 1 aromatic heterocycles. The third-order valence-electron chi connectivity index (χ3n) is 6.53. The Hall–Kier alpha value is -4.16. The molecule has 0 bridgehead atoms. The van der Waals surface area contributed by atoms with Crippen LogP contribution in [0.4, 0.5) is 14.9 Å². The van der Waals surface area contributed by atoms with Gasteiger partial charge in [-0.1, -0.05) is 36.4 Å². The van der Waals surface area contributed by atoms with Crippen LogP contribution in [0.1, 0.15) is 31.5 Å². The smallest absolute Gasteiger partial charge is 0.414 e. The van der Waals surface area contributed by atoms with E-state index >= 15 is 4.39 Å². The Morgan fingerprint density at radius 3 is 2.67 bits per heavy atom. The van der Waals surface area contributed by atoms with Gasteiger partial charge >= 0.3 is 6.09 Å². The lowest BCUT2D eigenvalue weighted by Gasteiger charge is -2.16. The fourth-order valence-corrected chi connectivity index (χ4v) is 4.15.